The zero-order valence-electron chi connectivity index (χ0n) is 51.1. The molecule has 2 aliphatic carbocycles. The molecule has 0 fully saturated rings. The van der Waals surface area contributed by atoms with E-state index in [4.69, 9.17) is 0 Å². The van der Waals surface area contributed by atoms with E-state index in [9.17, 15) is 0 Å². The van der Waals surface area contributed by atoms with E-state index < -0.39 is 0 Å². The second-order valence-electron chi connectivity index (χ2n) is 24.6. The Morgan fingerprint density at radius 2 is 0.467 bits per heavy atom. The summed E-state index contributed by atoms with van der Waals surface area (Å²) < 4.78 is 0. The fourth-order valence-corrected chi connectivity index (χ4v) is 14.0. The highest BCUT2D eigenvalue weighted by atomic mass is 15.2. The third-order valence-corrected chi connectivity index (χ3v) is 18.3. The number of anilines is 12. The summed E-state index contributed by atoms with van der Waals surface area (Å²) in [6, 6.07) is 122. The van der Waals surface area contributed by atoms with Crippen LogP contribution in [-0.4, -0.2) is 0 Å². The molecule has 0 aliphatic heterocycles. The van der Waals surface area contributed by atoms with Crippen LogP contribution >= 0.6 is 0 Å². The minimum Gasteiger partial charge on any atom is -0.310 e. The third kappa shape index (κ3) is 10.0. The molecule has 0 heterocycles. The second kappa shape index (κ2) is 23.1. The van der Waals surface area contributed by atoms with Gasteiger partial charge < -0.3 is 19.6 Å². The first kappa shape index (κ1) is 55.4. The van der Waals surface area contributed by atoms with Gasteiger partial charge in [-0.25, -0.2) is 0 Å². The smallest absolute Gasteiger partial charge is 0.0468 e. The Morgan fingerprint density at radius 3 is 0.844 bits per heavy atom. The number of hydrogen-bond donors (Lipinski definition) is 0. The highest BCUT2D eigenvalue weighted by Gasteiger charge is 2.39. The highest BCUT2D eigenvalue weighted by molar-refractivity contribution is 6.01. The first-order chi connectivity index (χ1) is 44.2. The molecule has 14 aromatic rings. The Kier molecular flexibility index (Phi) is 14.2. The van der Waals surface area contributed by atoms with Gasteiger partial charge in [-0.2, -0.15) is 0 Å². The van der Waals surface area contributed by atoms with Crippen LogP contribution in [0.5, 0.6) is 0 Å². The first-order valence-corrected chi connectivity index (χ1v) is 31.2. The summed E-state index contributed by atoms with van der Waals surface area (Å²) in [6.07, 6.45) is 0. The average Bonchev–Trinajstić information content (AvgIpc) is 1.60. The predicted molar refractivity (Wildman–Crippen MR) is 382 cm³/mol. The zero-order valence-corrected chi connectivity index (χ0v) is 51.1. The molecular formula is C86H68N4. The van der Waals surface area contributed by atoms with Crippen molar-refractivity contribution in [2.24, 2.45) is 0 Å². The molecule has 0 atom stereocenters. The van der Waals surface area contributed by atoms with Crippen LogP contribution in [0.2, 0.25) is 0 Å². The molecule has 0 amide bonds. The number of benzene rings is 14. The van der Waals surface area contributed by atoms with E-state index >= 15 is 0 Å². The van der Waals surface area contributed by atoms with Crippen molar-refractivity contribution in [3.8, 4) is 22.3 Å². The Labute approximate surface area is 529 Å². The molecule has 90 heavy (non-hydrogen) atoms. The largest absolute Gasteiger partial charge is 0.310 e. The summed E-state index contributed by atoms with van der Waals surface area (Å²) in [5, 5.41) is 5.06. The molecule has 0 aromatic heterocycles. The summed E-state index contributed by atoms with van der Waals surface area (Å²) in [5.41, 5.74) is 24.3. The number of hydrogen-bond acceptors (Lipinski definition) is 4. The Balaban J connectivity index is 0.000000150. The van der Waals surface area contributed by atoms with Crippen LogP contribution in [0.15, 0.2) is 340 Å². The maximum absolute atomic E-state index is 2.42. The molecule has 14 aromatic carbocycles. The van der Waals surface area contributed by atoms with Crippen molar-refractivity contribution in [3.63, 3.8) is 0 Å². The fourth-order valence-electron chi connectivity index (χ4n) is 14.0. The molecule has 0 spiro atoms. The lowest BCUT2D eigenvalue weighted by atomic mass is 9.80. The van der Waals surface area contributed by atoms with Gasteiger partial charge in [-0.15, -0.1) is 0 Å². The fraction of sp³-hybridized carbons (Fsp3) is 0.0698. The first-order valence-electron chi connectivity index (χ1n) is 31.2. The zero-order chi connectivity index (χ0) is 60.8. The molecule has 2 aliphatic rings. The number of rotatable bonds is 12. The van der Waals surface area contributed by atoms with Gasteiger partial charge in [0.2, 0.25) is 0 Å². The normalized spacial score (nSPS) is 12.8. The van der Waals surface area contributed by atoms with Gasteiger partial charge in [0.25, 0.3) is 0 Å². The average molecular weight is 1160 g/mol. The predicted octanol–water partition coefficient (Wildman–Crippen LogP) is 24.2. The summed E-state index contributed by atoms with van der Waals surface area (Å²) in [7, 11) is 0. The molecule has 0 N–H and O–H groups in total. The lowest BCUT2D eigenvalue weighted by Gasteiger charge is -2.28. The van der Waals surface area contributed by atoms with Gasteiger partial charge >= 0.3 is 0 Å². The van der Waals surface area contributed by atoms with E-state index in [2.05, 4.69) is 387 Å². The highest BCUT2D eigenvalue weighted by Crippen LogP contribution is 2.55. The van der Waals surface area contributed by atoms with Gasteiger partial charge in [-0.1, -0.05) is 210 Å². The number of fused-ring (bicyclic) bond motifs is 9. The SMILES string of the molecule is CC1(C)c2cc(N(c3ccccc3)c3ccccc3)ccc2-c2cc3ccc(N(c4ccccc4)c4ccccc4)cc3cc21.CC1(C)c2cc(N(c3ccccc3)c3ccccc3)ccc2-c2ccc3cc(N(c4ccccc4)c4ccccc4)ccc3c21. The quantitative estimate of drug-likeness (QED) is 0.121. The van der Waals surface area contributed by atoms with Gasteiger partial charge in [0.05, 0.1) is 0 Å². The van der Waals surface area contributed by atoms with Gasteiger partial charge in [0.1, 0.15) is 0 Å². The van der Waals surface area contributed by atoms with E-state index in [1.807, 2.05) is 0 Å². The van der Waals surface area contributed by atoms with Crippen molar-refractivity contribution in [2.45, 2.75) is 38.5 Å². The molecule has 4 heteroatoms. The van der Waals surface area contributed by atoms with Gasteiger partial charge in [-0.3, -0.25) is 0 Å². The van der Waals surface area contributed by atoms with Crippen molar-refractivity contribution < 1.29 is 0 Å². The standard InChI is InChI=1S/2C43H34N2/c1-43(2)41-30-37(45(34-19-11-5-12-20-34)35-21-13-6-14-22-35)25-28-39(41)40-26-23-31-29-36(24-27-38(31)42(40)43)44(32-15-7-3-8-16-32)33-17-9-4-10-18-33;1-43(2)41-29-32-27-37(44(33-15-7-3-8-16-33)34-17-9-4-10-18-34)24-23-31(32)28-40(41)39-26-25-38(30-42(39)43)45(35-19-11-5-12-20-35)36-21-13-6-14-22-36/h2*3-30H,1-2H3. The van der Waals surface area contributed by atoms with Crippen LogP contribution in [0.3, 0.4) is 0 Å². The van der Waals surface area contributed by atoms with Crippen molar-refractivity contribution in [1.82, 2.24) is 0 Å². The molecule has 0 bridgehead atoms. The van der Waals surface area contributed by atoms with Crippen LogP contribution in [0.4, 0.5) is 68.2 Å². The minimum atomic E-state index is -0.167. The van der Waals surface area contributed by atoms with Crippen LogP contribution in [0.1, 0.15) is 49.9 Å². The summed E-state index contributed by atoms with van der Waals surface area (Å²) in [6.45, 7) is 9.49. The van der Waals surface area contributed by atoms with Crippen LogP contribution in [-0.2, 0) is 10.8 Å². The molecule has 0 saturated carbocycles. The summed E-state index contributed by atoms with van der Waals surface area (Å²) >= 11 is 0. The van der Waals surface area contributed by atoms with Gasteiger partial charge in [-0.05, 0) is 224 Å². The van der Waals surface area contributed by atoms with Crippen LogP contribution in [0.25, 0.3) is 43.8 Å². The maximum Gasteiger partial charge on any atom is 0.0468 e. The second-order valence-corrected chi connectivity index (χ2v) is 24.6. The lowest BCUT2D eigenvalue weighted by molar-refractivity contribution is 0.661. The Morgan fingerprint density at radius 1 is 0.189 bits per heavy atom. The van der Waals surface area contributed by atoms with Crippen molar-refractivity contribution in [1.29, 1.82) is 0 Å². The van der Waals surface area contributed by atoms with E-state index in [0.717, 1.165) is 56.9 Å². The van der Waals surface area contributed by atoms with E-state index in [0.29, 0.717) is 0 Å². The molecule has 0 radical (unpaired) electrons. The van der Waals surface area contributed by atoms with Crippen molar-refractivity contribution in [2.75, 3.05) is 19.6 Å². The molecular weight excluding hydrogens is 1090 g/mol. The van der Waals surface area contributed by atoms with Gasteiger partial charge in [0, 0.05) is 79.1 Å². The Hall–Kier alpha value is -11.2. The van der Waals surface area contributed by atoms with Crippen molar-refractivity contribution >= 4 is 89.8 Å². The van der Waals surface area contributed by atoms with E-state index in [1.165, 1.54) is 77.4 Å². The third-order valence-electron chi connectivity index (χ3n) is 18.3. The van der Waals surface area contributed by atoms with Crippen LogP contribution < -0.4 is 19.6 Å². The van der Waals surface area contributed by atoms with E-state index in [-0.39, 0.29) is 10.8 Å². The molecule has 16 rings (SSSR count). The number of nitrogens with zero attached hydrogens (tertiary/aromatic N) is 4. The van der Waals surface area contributed by atoms with Crippen molar-refractivity contribution in [3.05, 3.63) is 362 Å². The lowest BCUT2D eigenvalue weighted by Crippen LogP contribution is -2.17. The van der Waals surface area contributed by atoms with Crippen LogP contribution in [0, 0.1) is 0 Å². The molecule has 0 unspecified atom stereocenters. The summed E-state index contributed by atoms with van der Waals surface area (Å²) in [4.78, 5) is 9.37. The van der Waals surface area contributed by atoms with Gasteiger partial charge in [0.15, 0.2) is 0 Å². The Bertz CT molecular complexity index is 4610. The topological polar surface area (TPSA) is 13.0 Å². The summed E-state index contributed by atoms with van der Waals surface area (Å²) in [5.74, 6) is 0. The molecule has 0 saturated heterocycles. The van der Waals surface area contributed by atoms with E-state index in [1.54, 1.807) is 0 Å². The molecule has 4 nitrogen and oxygen atoms in total. The monoisotopic (exact) mass is 1160 g/mol. The number of para-hydroxylation sites is 8. The minimum absolute atomic E-state index is 0.150. The molecule has 432 valence electrons. The maximum atomic E-state index is 2.42.